The zero-order valence-electron chi connectivity index (χ0n) is 11.9. The highest BCUT2D eigenvalue weighted by Gasteiger charge is 2.44. The summed E-state index contributed by atoms with van der Waals surface area (Å²) in [6.45, 7) is 3.42. The molecule has 0 aliphatic carbocycles. The Bertz CT molecular complexity index is 739. The Labute approximate surface area is 125 Å². The van der Waals surface area contributed by atoms with Crippen molar-refractivity contribution in [3.8, 4) is 0 Å². The van der Waals surface area contributed by atoms with Gasteiger partial charge in [0, 0.05) is 7.05 Å². The summed E-state index contributed by atoms with van der Waals surface area (Å²) in [6.07, 6.45) is 0. The van der Waals surface area contributed by atoms with Gasteiger partial charge in [0.15, 0.2) is 5.82 Å². The second-order valence-electron chi connectivity index (χ2n) is 5.32. The Hall–Kier alpha value is -2.22. The summed E-state index contributed by atoms with van der Waals surface area (Å²) in [6, 6.07) is 1.53. The molecular formula is C13H15N5O2S. The maximum atomic E-state index is 12.2. The molecule has 0 unspecified atom stereocenters. The lowest BCUT2D eigenvalue weighted by Gasteiger charge is -2.15. The standard InChI is InChI=1S/C13H15N5O2S/c1-13(2)11(19)18(12(20)17-13)6-8-15-9(14-3)7-4-5-21-10(7)16-8/h4-5H,6H2,1-3H3,(H,17,20)(H,14,15,16). The average molecular weight is 305 g/mol. The third kappa shape index (κ3) is 2.21. The van der Waals surface area contributed by atoms with E-state index in [1.807, 2.05) is 11.4 Å². The van der Waals surface area contributed by atoms with E-state index >= 15 is 0 Å². The molecule has 1 fully saturated rings. The van der Waals surface area contributed by atoms with Crippen LogP contribution in [0, 0.1) is 0 Å². The van der Waals surface area contributed by atoms with E-state index in [2.05, 4.69) is 20.6 Å². The van der Waals surface area contributed by atoms with Crippen molar-refractivity contribution in [2.24, 2.45) is 0 Å². The van der Waals surface area contributed by atoms with E-state index in [4.69, 9.17) is 0 Å². The number of aromatic nitrogens is 2. The summed E-state index contributed by atoms with van der Waals surface area (Å²) < 4.78 is 0. The summed E-state index contributed by atoms with van der Waals surface area (Å²) in [5.74, 6) is 0.867. The van der Waals surface area contributed by atoms with Gasteiger partial charge in [-0.15, -0.1) is 11.3 Å². The zero-order valence-corrected chi connectivity index (χ0v) is 12.7. The Morgan fingerprint density at radius 2 is 2.14 bits per heavy atom. The van der Waals surface area contributed by atoms with Gasteiger partial charge < -0.3 is 10.6 Å². The number of fused-ring (bicyclic) bond motifs is 1. The van der Waals surface area contributed by atoms with Crippen LogP contribution in [0.4, 0.5) is 10.6 Å². The Morgan fingerprint density at radius 3 is 2.76 bits per heavy atom. The first-order valence-electron chi connectivity index (χ1n) is 6.48. The lowest BCUT2D eigenvalue weighted by molar-refractivity contribution is -0.130. The van der Waals surface area contributed by atoms with E-state index in [9.17, 15) is 9.59 Å². The largest absolute Gasteiger partial charge is 0.372 e. The summed E-state index contributed by atoms with van der Waals surface area (Å²) in [4.78, 5) is 34.9. The van der Waals surface area contributed by atoms with Gasteiger partial charge in [0.05, 0.1) is 11.9 Å². The van der Waals surface area contributed by atoms with Gasteiger partial charge in [0.25, 0.3) is 5.91 Å². The van der Waals surface area contributed by atoms with Gasteiger partial charge in [-0.05, 0) is 25.3 Å². The van der Waals surface area contributed by atoms with Gasteiger partial charge in [-0.3, -0.25) is 9.69 Å². The molecule has 21 heavy (non-hydrogen) atoms. The van der Waals surface area contributed by atoms with Crippen LogP contribution >= 0.6 is 11.3 Å². The van der Waals surface area contributed by atoms with E-state index in [-0.39, 0.29) is 12.5 Å². The quantitative estimate of drug-likeness (QED) is 0.840. The first-order chi connectivity index (χ1) is 9.92. The monoisotopic (exact) mass is 305 g/mol. The van der Waals surface area contributed by atoms with E-state index < -0.39 is 11.6 Å². The van der Waals surface area contributed by atoms with Crippen LogP contribution in [0.25, 0.3) is 10.2 Å². The van der Waals surface area contributed by atoms with Crippen LogP contribution in [0.1, 0.15) is 19.7 Å². The van der Waals surface area contributed by atoms with Gasteiger partial charge >= 0.3 is 6.03 Å². The Balaban J connectivity index is 1.95. The van der Waals surface area contributed by atoms with Gasteiger partial charge in [0.2, 0.25) is 0 Å². The molecule has 2 aromatic heterocycles. The lowest BCUT2D eigenvalue weighted by atomic mass is 10.1. The number of carbonyl (C=O) groups is 2. The van der Waals surface area contributed by atoms with Crippen molar-refractivity contribution >= 4 is 39.3 Å². The van der Waals surface area contributed by atoms with E-state index in [0.717, 1.165) is 15.1 Å². The molecule has 0 spiro atoms. The molecular weight excluding hydrogens is 290 g/mol. The number of imide groups is 1. The van der Waals surface area contributed by atoms with Crippen LogP contribution < -0.4 is 10.6 Å². The minimum Gasteiger partial charge on any atom is -0.372 e. The number of urea groups is 1. The molecule has 2 aromatic rings. The topological polar surface area (TPSA) is 87.2 Å². The molecule has 0 radical (unpaired) electrons. The van der Waals surface area contributed by atoms with Crippen LogP contribution in [0.2, 0.25) is 0 Å². The van der Waals surface area contributed by atoms with Crippen LogP contribution in [0.5, 0.6) is 0 Å². The molecule has 2 N–H and O–H groups in total. The molecule has 8 heteroatoms. The van der Waals surface area contributed by atoms with Gasteiger partial charge in [-0.1, -0.05) is 0 Å². The number of amides is 3. The van der Waals surface area contributed by atoms with Crippen LogP contribution in [-0.4, -0.2) is 39.4 Å². The zero-order chi connectivity index (χ0) is 15.2. The van der Waals surface area contributed by atoms with E-state index in [1.165, 1.54) is 11.3 Å². The normalized spacial score (nSPS) is 17.4. The number of nitrogens with zero attached hydrogens (tertiary/aromatic N) is 3. The molecule has 3 amide bonds. The Morgan fingerprint density at radius 1 is 1.38 bits per heavy atom. The molecule has 7 nitrogen and oxygen atoms in total. The molecule has 1 aliphatic heterocycles. The Kier molecular flexibility index (Phi) is 3.05. The SMILES string of the molecule is CNc1nc(CN2C(=O)NC(C)(C)C2=O)nc2sccc12. The summed E-state index contributed by atoms with van der Waals surface area (Å²) in [7, 11) is 1.78. The van der Waals surface area contributed by atoms with Crippen molar-refractivity contribution in [1.29, 1.82) is 0 Å². The van der Waals surface area contributed by atoms with E-state index in [0.29, 0.717) is 11.6 Å². The van der Waals surface area contributed by atoms with E-state index in [1.54, 1.807) is 20.9 Å². The predicted octanol–water partition coefficient (Wildman–Crippen LogP) is 1.56. The van der Waals surface area contributed by atoms with Crippen molar-refractivity contribution in [1.82, 2.24) is 20.2 Å². The number of nitrogens with one attached hydrogen (secondary N) is 2. The fraction of sp³-hybridized carbons (Fsp3) is 0.385. The van der Waals surface area contributed by atoms with Crippen LogP contribution in [0.3, 0.4) is 0 Å². The smallest absolute Gasteiger partial charge is 0.325 e. The van der Waals surface area contributed by atoms with Gasteiger partial charge in [0.1, 0.15) is 16.2 Å². The summed E-state index contributed by atoms with van der Waals surface area (Å²) >= 11 is 1.50. The number of hydrogen-bond donors (Lipinski definition) is 2. The van der Waals surface area contributed by atoms with Crippen molar-refractivity contribution in [3.63, 3.8) is 0 Å². The fourth-order valence-corrected chi connectivity index (χ4v) is 3.05. The molecule has 1 saturated heterocycles. The first kappa shape index (κ1) is 13.7. The molecule has 0 aromatic carbocycles. The number of rotatable bonds is 3. The third-order valence-corrected chi connectivity index (χ3v) is 4.16. The number of anilines is 1. The fourth-order valence-electron chi connectivity index (χ4n) is 2.26. The minimum atomic E-state index is -0.879. The molecule has 0 saturated carbocycles. The van der Waals surface area contributed by atoms with Crippen molar-refractivity contribution in [3.05, 3.63) is 17.3 Å². The molecule has 110 valence electrons. The van der Waals surface area contributed by atoms with Crippen molar-refractivity contribution in [2.75, 3.05) is 12.4 Å². The molecule has 0 atom stereocenters. The molecule has 3 heterocycles. The van der Waals surface area contributed by atoms with Crippen LogP contribution in [-0.2, 0) is 11.3 Å². The molecule has 0 bridgehead atoms. The highest BCUT2D eigenvalue weighted by atomic mass is 32.1. The van der Waals surface area contributed by atoms with Crippen molar-refractivity contribution < 1.29 is 9.59 Å². The second-order valence-corrected chi connectivity index (χ2v) is 6.22. The van der Waals surface area contributed by atoms with Gasteiger partial charge in [-0.2, -0.15) is 0 Å². The predicted molar refractivity (Wildman–Crippen MR) is 80.1 cm³/mol. The van der Waals surface area contributed by atoms with Gasteiger partial charge in [-0.25, -0.2) is 14.8 Å². The number of thiophene rings is 1. The van der Waals surface area contributed by atoms with Crippen LogP contribution in [0.15, 0.2) is 11.4 Å². The lowest BCUT2D eigenvalue weighted by Crippen LogP contribution is -2.40. The first-order valence-corrected chi connectivity index (χ1v) is 7.36. The summed E-state index contributed by atoms with van der Waals surface area (Å²) in [5, 5.41) is 8.52. The van der Waals surface area contributed by atoms with Crippen molar-refractivity contribution in [2.45, 2.75) is 25.9 Å². The average Bonchev–Trinajstić information content (AvgIpc) is 2.96. The number of carbonyl (C=O) groups excluding carboxylic acids is 2. The molecule has 3 rings (SSSR count). The third-order valence-electron chi connectivity index (χ3n) is 3.35. The maximum Gasteiger partial charge on any atom is 0.325 e. The maximum absolute atomic E-state index is 12.2. The second kappa shape index (κ2) is 4.66. The highest BCUT2D eigenvalue weighted by molar-refractivity contribution is 7.16. The molecule has 1 aliphatic rings. The summed E-state index contributed by atoms with van der Waals surface area (Å²) in [5.41, 5.74) is -0.879. The highest BCUT2D eigenvalue weighted by Crippen LogP contribution is 2.26. The minimum absolute atomic E-state index is 0.0661. The number of hydrogen-bond acceptors (Lipinski definition) is 6.